The first kappa shape index (κ1) is 32.7. The smallest absolute Gasteiger partial charge is 0.0607 e. The van der Waals surface area contributed by atoms with Crippen LogP contribution in [0.2, 0.25) is 0 Å². The first-order valence-electron chi connectivity index (χ1n) is 17.3. The van der Waals surface area contributed by atoms with E-state index in [4.69, 9.17) is 0 Å². The largest absolute Gasteiger partial charge is 0.355 e. The lowest BCUT2D eigenvalue weighted by Crippen LogP contribution is -2.20. The standard InChI is InChI=1S/C45H49BrN2/c1-42(2,3)27-16-20-36-32(23-27)31-19-15-30(26-37(31)47-36)45(10,11)35-13-12-14-40(41(35)46)48-38-21-17-28(43(4,5)6)24-33(38)34-25-29(44(7,8)9)18-22-39(34)48/h12-26,47H,1-11H3. The van der Waals surface area contributed by atoms with E-state index in [1.807, 2.05) is 0 Å². The number of benzene rings is 5. The van der Waals surface area contributed by atoms with Crippen molar-refractivity contribution >= 4 is 59.5 Å². The summed E-state index contributed by atoms with van der Waals surface area (Å²) in [6.07, 6.45) is 0. The third-order valence-corrected chi connectivity index (χ3v) is 11.4. The molecule has 0 unspecified atom stereocenters. The van der Waals surface area contributed by atoms with Gasteiger partial charge in [-0.25, -0.2) is 0 Å². The number of hydrogen-bond acceptors (Lipinski definition) is 0. The first-order chi connectivity index (χ1) is 22.4. The summed E-state index contributed by atoms with van der Waals surface area (Å²) in [7, 11) is 0. The number of hydrogen-bond donors (Lipinski definition) is 1. The fraction of sp³-hybridized carbons (Fsp3) is 0.333. The Hall–Kier alpha value is -3.82. The highest BCUT2D eigenvalue weighted by atomic mass is 79.9. The van der Waals surface area contributed by atoms with Crippen molar-refractivity contribution in [2.45, 2.75) is 97.8 Å². The highest BCUT2D eigenvalue weighted by Gasteiger charge is 2.29. The van der Waals surface area contributed by atoms with Gasteiger partial charge in [0.15, 0.2) is 0 Å². The van der Waals surface area contributed by atoms with Crippen LogP contribution < -0.4 is 0 Å². The Morgan fingerprint density at radius 1 is 0.479 bits per heavy atom. The van der Waals surface area contributed by atoms with Crippen LogP contribution in [0.25, 0.3) is 49.3 Å². The van der Waals surface area contributed by atoms with E-state index in [1.165, 1.54) is 71.4 Å². The van der Waals surface area contributed by atoms with Crippen LogP contribution in [0, 0.1) is 0 Å². The van der Waals surface area contributed by atoms with E-state index >= 15 is 0 Å². The summed E-state index contributed by atoms with van der Waals surface area (Å²) in [5, 5.41) is 5.18. The molecule has 0 aliphatic heterocycles. The van der Waals surface area contributed by atoms with Gasteiger partial charge in [0.1, 0.15) is 0 Å². The third-order valence-electron chi connectivity index (χ3n) is 10.6. The molecule has 0 atom stereocenters. The van der Waals surface area contributed by atoms with E-state index < -0.39 is 0 Å². The molecule has 0 fully saturated rings. The predicted octanol–water partition coefficient (Wildman–Crippen LogP) is 13.4. The Morgan fingerprint density at radius 2 is 0.979 bits per heavy atom. The van der Waals surface area contributed by atoms with Gasteiger partial charge in [0.25, 0.3) is 0 Å². The molecule has 0 amide bonds. The third kappa shape index (κ3) is 5.30. The van der Waals surface area contributed by atoms with Gasteiger partial charge in [-0.2, -0.15) is 0 Å². The minimum Gasteiger partial charge on any atom is -0.355 e. The monoisotopic (exact) mass is 696 g/mol. The maximum Gasteiger partial charge on any atom is 0.0607 e. The number of H-pyrrole nitrogens is 1. The topological polar surface area (TPSA) is 20.7 Å². The van der Waals surface area contributed by atoms with Crippen molar-refractivity contribution in [2.24, 2.45) is 0 Å². The van der Waals surface area contributed by atoms with Gasteiger partial charge in [0.2, 0.25) is 0 Å². The summed E-state index contributed by atoms with van der Waals surface area (Å²) in [4.78, 5) is 3.72. The number of rotatable bonds is 3. The molecule has 2 aromatic heterocycles. The molecule has 0 bridgehead atoms. The van der Waals surface area contributed by atoms with E-state index in [-0.39, 0.29) is 21.7 Å². The van der Waals surface area contributed by atoms with Crippen molar-refractivity contribution in [1.29, 1.82) is 0 Å². The Bertz CT molecular complexity index is 2300. The Kier molecular flexibility index (Phi) is 7.39. The van der Waals surface area contributed by atoms with Gasteiger partial charge in [0.05, 0.1) is 16.7 Å². The van der Waals surface area contributed by atoms with E-state index in [1.54, 1.807) is 0 Å². The van der Waals surface area contributed by atoms with Gasteiger partial charge < -0.3 is 9.55 Å². The highest BCUT2D eigenvalue weighted by Crippen LogP contribution is 2.44. The number of fused-ring (bicyclic) bond motifs is 6. The molecule has 0 spiro atoms. The van der Waals surface area contributed by atoms with Crippen LogP contribution >= 0.6 is 15.9 Å². The number of aromatic amines is 1. The van der Waals surface area contributed by atoms with E-state index in [0.717, 1.165) is 10.2 Å². The zero-order chi connectivity index (χ0) is 34.6. The molecule has 0 aliphatic carbocycles. The van der Waals surface area contributed by atoms with Crippen LogP contribution in [-0.4, -0.2) is 9.55 Å². The normalized spacial score (nSPS) is 13.4. The van der Waals surface area contributed by atoms with Crippen molar-refractivity contribution in [2.75, 3.05) is 0 Å². The zero-order valence-corrected chi connectivity index (χ0v) is 32.1. The lowest BCUT2D eigenvalue weighted by molar-refractivity contribution is 0.590. The predicted molar refractivity (Wildman–Crippen MR) is 213 cm³/mol. The molecule has 5 aromatic carbocycles. The lowest BCUT2D eigenvalue weighted by Gasteiger charge is -2.29. The van der Waals surface area contributed by atoms with Crippen LogP contribution in [0.15, 0.2) is 95.5 Å². The second kappa shape index (κ2) is 10.8. The summed E-state index contributed by atoms with van der Waals surface area (Å²) in [6.45, 7) is 25.3. The van der Waals surface area contributed by atoms with Crippen LogP contribution in [0.3, 0.4) is 0 Å². The molecule has 0 saturated heterocycles. The van der Waals surface area contributed by atoms with Crippen molar-refractivity contribution in [3.05, 3.63) is 123 Å². The van der Waals surface area contributed by atoms with Crippen molar-refractivity contribution in [3.8, 4) is 5.69 Å². The summed E-state index contributed by atoms with van der Waals surface area (Å²) < 4.78 is 3.58. The van der Waals surface area contributed by atoms with E-state index in [9.17, 15) is 0 Å². The molecular formula is C45H49BrN2. The summed E-state index contributed by atoms with van der Waals surface area (Å²) in [6, 6.07) is 34.7. The first-order valence-corrected chi connectivity index (χ1v) is 18.1. The molecule has 7 aromatic rings. The molecular weight excluding hydrogens is 648 g/mol. The number of nitrogens with one attached hydrogen (secondary N) is 1. The van der Waals surface area contributed by atoms with E-state index in [2.05, 4.69) is 193 Å². The molecule has 1 N–H and O–H groups in total. The maximum absolute atomic E-state index is 4.18. The zero-order valence-electron chi connectivity index (χ0n) is 30.5. The van der Waals surface area contributed by atoms with Gasteiger partial charge in [-0.05, 0) is 109 Å². The molecule has 3 heteroatoms. The molecule has 2 heterocycles. The number of nitrogens with zero attached hydrogens (tertiary/aromatic N) is 1. The summed E-state index contributed by atoms with van der Waals surface area (Å²) in [5.74, 6) is 0. The van der Waals surface area contributed by atoms with Crippen LogP contribution in [0.4, 0.5) is 0 Å². The SMILES string of the molecule is CC(C)(C)c1ccc2[nH]c3cc(C(C)(C)c4cccc(-n5c6ccc(C(C)(C)C)cc6c6cc(C(C)(C)C)ccc65)c4Br)ccc3c2c1. The second-order valence-electron chi connectivity index (χ2n) is 17.5. The van der Waals surface area contributed by atoms with Gasteiger partial charge in [-0.3, -0.25) is 0 Å². The molecule has 2 nitrogen and oxygen atoms in total. The molecule has 246 valence electrons. The number of halogens is 1. The van der Waals surface area contributed by atoms with Crippen molar-refractivity contribution < 1.29 is 0 Å². The van der Waals surface area contributed by atoms with Gasteiger partial charge in [-0.15, -0.1) is 0 Å². The Morgan fingerprint density at radius 3 is 1.52 bits per heavy atom. The average Bonchev–Trinajstić information content (AvgIpc) is 3.54. The molecule has 7 rings (SSSR count). The minimum atomic E-state index is -0.255. The number of aromatic nitrogens is 2. The Balaban J connectivity index is 1.40. The lowest BCUT2D eigenvalue weighted by atomic mass is 9.77. The molecule has 48 heavy (non-hydrogen) atoms. The van der Waals surface area contributed by atoms with Crippen LogP contribution in [0.5, 0.6) is 0 Å². The quantitative estimate of drug-likeness (QED) is 0.190. The van der Waals surface area contributed by atoms with Crippen LogP contribution in [-0.2, 0) is 21.7 Å². The van der Waals surface area contributed by atoms with Crippen LogP contribution in [0.1, 0.15) is 104 Å². The molecule has 0 saturated carbocycles. The Labute approximate surface area is 294 Å². The minimum absolute atomic E-state index is 0.0652. The fourth-order valence-electron chi connectivity index (χ4n) is 7.31. The van der Waals surface area contributed by atoms with Gasteiger partial charge in [0, 0.05) is 42.5 Å². The molecule has 0 radical (unpaired) electrons. The summed E-state index contributed by atoms with van der Waals surface area (Å²) >= 11 is 4.18. The van der Waals surface area contributed by atoms with E-state index in [0.29, 0.717) is 0 Å². The maximum atomic E-state index is 4.18. The van der Waals surface area contributed by atoms with Gasteiger partial charge in [-0.1, -0.05) is 119 Å². The van der Waals surface area contributed by atoms with Crippen molar-refractivity contribution in [3.63, 3.8) is 0 Å². The average molecular weight is 698 g/mol. The fourth-order valence-corrected chi connectivity index (χ4v) is 8.24. The highest BCUT2D eigenvalue weighted by molar-refractivity contribution is 9.10. The van der Waals surface area contributed by atoms with Crippen molar-refractivity contribution in [1.82, 2.24) is 9.55 Å². The molecule has 0 aliphatic rings. The van der Waals surface area contributed by atoms with Gasteiger partial charge >= 0.3 is 0 Å². The summed E-state index contributed by atoms with van der Waals surface area (Å²) in [5.41, 5.74) is 12.6. The second-order valence-corrected chi connectivity index (χ2v) is 18.3.